The lowest BCUT2D eigenvalue weighted by Crippen LogP contribution is -2.52. The van der Waals surface area contributed by atoms with Crippen LogP contribution in [0, 0.1) is 0 Å². The van der Waals surface area contributed by atoms with Crippen molar-refractivity contribution in [2.75, 3.05) is 18.9 Å². The molecule has 1 unspecified atom stereocenters. The molecule has 104 valence electrons. The zero-order chi connectivity index (χ0) is 14.1. The number of anilines is 1. The summed E-state index contributed by atoms with van der Waals surface area (Å²) < 4.78 is 0. The molecule has 5 nitrogen and oxygen atoms in total. The van der Waals surface area contributed by atoms with Gasteiger partial charge in [0, 0.05) is 5.69 Å². The Kier molecular flexibility index (Phi) is 3.62. The van der Waals surface area contributed by atoms with Gasteiger partial charge in [0.05, 0.1) is 12.1 Å². The van der Waals surface area contributed by atoms with E-state index in [1.165, 1.54) is 0 Å². The van der Waals surface area contributed by atoms with E-state index >= 15 is 0 Å². The van der Waals surface area contributed by atoms with Crippen LogP contribution in [-0.4, -0.2) is 25.0 Å². The van der Waals surface area contributed by atoms with E-state index in [1.54, 1.807) is 7.05 Å². The first-order valence-electron chi connectivity index (χ1n) is 6.39. The summed E-state index contributed by atoms with van der Waals surface area (Å²) in [5.41, 5.74) is 3.72. The monoisotopic (exact) mass is 263 g/mol. The van der Waals surface area contributed by atoms with E-state index < -0.39 is 5.54 Å². The normalized spacial score (nSPS) is 22.7. The van der Waals surface area contributed by atoms with Crippen LogP contribution in [0.5, 0.6) is 0 Å². The second-order valence-electron chi connectivity index (χ2n) is 5.56. The van der Waals surface area contributed by atoms with E-state index in [2.05, 4.69) is 16.1 Å². The molecule has 0 radical (unpaired) electrons. The molecule has 1 heterocycles. The van der Waals surface area contributed by atoms with Gasteiger partial charge in [-0.1, -0.05) is 12.1 Å². The summed E-state index contributed by atoms with van der Waals surface area (Å²) in [6, 6.07) is 7.75. The number of hydrogen-bond acceptors (Lipinski definition) is 4. The third kappa shape index (κ3) is 2.78. The fourth-order valence-electron chi connectivity index (χ4n) is 1.78. The van der Waals surface area contributed by atoms with Gasteiger partial charge in [0.25, 0.3) is 0 Å². The highest BCUT2D eigenvalue weighted by Crippen LogP contribution is 2.30. The van der Waals surface area contributed by atoms with Crippen LogP contribution in [0.1, 0.15) is 26.3 Å². The maximum atomic E-state index is 12.1. The quantitative estimate of drug-likeness (QED) is 0.768. The minimum Gasteiger partial charge on any atom is -0.324 e. The average Bonchev–Trinajstić information content (AvgIpc) is 2.36. The van der Waals surface area contributed by atoms with Crippen LogP contribution in [0.25, 0.3) is 0 Å². The Balaban J connectivity index is 2.14. The Morgan fingerprint density at radius 3 is 2.68 bits per heavy atom. The van der Waals surface area contributed by atoms with E-state index in [1.807, 2.05) is 45.0 Å². The molecule has 0 aromatic heterocycles. The summed E-state index contributed by atoms with van der Waals surface area (Å²) in [6.07, 6.45) is 0. The summed E-state index contributed by atoms with van der Waals surface area (Å²) in [6.45, 7) is 6.47. The number of amides is 1. The van der Waals surface area contributed by atoms with Crippen LogP contribution in [0.3, 0.4) is 0 Å². The van der Waals surface area contributed by atoms with E-state index in [0.29, 0.717) is 0 Å². The van der Waals surface area contributed by atoms with Gasteiger partial charge in [0.15, 0.2) is 0 Å². The molecular weight excluding hydrogens is 242 g/mol. The van der Waals surface area contributed by atoms with E-state index in [9.17, 15) is 4.79 Å². The number of hydrogen-bond donors (Lipinski definition) is 3. The van der Waals surface area contributed by atoms with Crippen molar-refractivity contribution < 1.29 is 9.63 Å². The van der Waals surface area contributed by atoms with Gasteiger partial charge in [-0.2, -0.15) is 5.48 Å². The van der Waals surface area contributed by atoms with Gasteiger partial charge in [0.2, 0.25) is 5.91 Å². The van der Waals surface area contributed by atoms with E-state index in [4.69, 9.17) is 4.84 Å². The highest BCUT2D eigenvalue weighted by molar-refractivity contribution is 5.97. The number of carbonyl (C=O) groups excluding carboxylic acids is 1. The molecule has 3 N–H and O–H groups in total. The van der Waals surface area contributed by atoms with Gasteiger partial charge in [-0.25, -0.2) is 0 Å². The van der Waals surface area contributed by atoms with Crippen molar-refractivity contribution in [3.63, 3.8) is 0 Å². The predicted molar refractivity (Wildman–Crippen MR) is 74.7 cm³/mol. The summed E-state index contributed by atoms with van der Waals surface area (Å²) in [4.78, 5) is 17.5. The number of nitrogens with one attached hydrogen (secondary N) is 3. The molecule has 0 bridgehead atoms. The number of likely N-dealkylation sites (N-methyl/N-ethyl adjacent to an activating group) is 1. The molecule has 0 aliphatic carbocycles. The molecule has 1 aliphatic rings. The first-order valence-corrected chi connectivity index (χ1v) is 6.39. The Morgan fingerprint density at radius 1 is 1.47 bits per heavy atom. The largest absolute Gasteiger partial charge is 0.324 e. The Hall–Kier alpha value is -1.43. The molecular formula is C14H21N3O2. The molecule has 5 heteroatoms. The molecule has 1 saturated heterocycles. The molecule has 2 rings (SSSR count). The third-order valence-electron chi connectivity index (χ3n) is 3.63. The van der Waals surface area contributed by atoms with Crippen molar-refractivity contribution in [1.29, 1.82) is 0 Å². The van der Waals surface area contributed by atoms with E-state index in [-0.39, 0.29) is 11.5 Å². The van der Waals surface area contributed by atoms with Crippen LogP contribution in [0.2, 0.25) is 0 Å². The van der Waals surface area contributed by atoms with Crippen LogP contribution < -0.4 is 16.1 Å². The minimum absolute atomic E-state index is 0.0649. The van der Waals surface area contributed by atoms with Crippen LogP contribution in [0.15, 0.2) is 24.3 Å². The molecule has 1 fully saturated rings. The number of hydroxylamine groups is 1. The summed E-state index contributed by atoms with van der Waals surface area (Å²) in [7, 11) is 1.77. The first-order chi connectivity index (χ1) is 8.87. The fourth-order valence-corrected chi connectivity index (χ4v) is 1.78. The van der Waals surface area contributed by atoms with Crippen LogP contribution in [0.4, 0.5) is 5.69 Å². The SMILES string of the molecule is CNC(C)(C)C(=O)Nc1cccc(C2(C)CNO2)c1. The molecule has 1 aromatic carbocycles. The topological polar surface area (TPSA) is 62.4 Å². The number of benzene rings is 1. The van der Waals surface area contributed by atoms with Crippen molar-refractivity contribution >= 4 is 11.6 Å². The van der Waals surface area contributed by atoms with Crippen molar-refractivity contribution in [2.45, 2.75) is 31.9 Å². The minimum atomic E-state index is -0.603. The lowest BCUT2D eigenvalue weighted by atomic mass is 9.94. The lowest BCUT2D eigenvalue weighted by molar-refractivity contribution is -0.200. The average molecular weight is 263 g/mol. The van der Waals surface area contributed by atoms with Crippen molar-refractivity contribution in [2.24, 2.45) is 0 Å². The lowest BCUT2D eigenvalue weighted by Gasteiger charge is -2.39. The van der Waals surface area contributed by atoms with Gasteiger partial charge < -0.3 is 10.6 Å². The second-order valence-corrected chi connectivity index (χ2v) is 5.56. The zero-order valence-corrected chi connectivity index (χ0v) is 11.8. The fraction of sp³-hybridized carbons (Fsp3) is 0.500. The molecule has 1 aliphatic heterocycles. The second kappa shape index (κ2) is 4.92. The standard InChI is InChI=1S/C14H21N3O2/c1-13(2,15-4)12(18)17-11-7-5-6-10(8-11)14(3)9-16-19-14/h5-8,15-16H,9H2,1-4H3,(H,17,18). The van der Waals surface area contributed by atoms with Gasteiger partial charge in [-0.3, -0.25) is 9.63 Å². The summed E-state index contributed by atoms with van der Waals surface area (Å²) in [5.74, 6) is -0.0649. The summed E-state index contributed by atoms with van der Waals surface area (Å²) >= 11 is 0. The number of carbonyl (C=O) groups is 1. The van der Waals surface area contributed by atoms with Gasteiger partial charge in [0.1, 0.15) is 5.60 Å². The first kappa shape index (κ1) is 14.0. The smallest absolute Gasteiger partial charge is 0.244 e. The highest BCUT2D eigenvalue weighted by atomic mass is 16.7. The van der Waals surface area contributed by atoms with Crippen molar-refractivity contribution in [3.05, 3.63) is 29.8 Å². The molecule has 0 saturated carbocycles. The Morgan fingerprint density at radius 2 is 2.16 bits per heavy atom. The predicted octanol–water partition coefficient (Wildman–Crippen LogP) is 1.37. The van der Waals surface area contributed by atoms with Crippen LogP contribution >= 0.6 is 0 Å². The molecule has 19 heavy (non-hydrogen) atoms. The molecule has 1 atom stereocenters. The summed E-state index contributed by atoms with van der Waals surface area (Å²) in [5, 5.41) is 5.90. The van der Waals surface area contributed by atoms with Gasteiger partial charge in [-0.15, -0.1) is 0 Å². The van der Waals surface area contributed by atoms with Gasteiger partial charge in [-0.05, 0) is 45.5 Å². The highest BCUT2D eigenvalue weighted by Gasteiger charge is 2.36. The molecule has 1 amide bonds. The van der Waals surface area contributed by atoms with Crippen molar-refractivity contribution in [3.8, 4) is 0 Å². The Labute approximate surface area is 113 Å². The molecule has 0 spiro atoms. The maximum Gasteiger partial charge on any atom is 0.244 e. The number of rotatable bonds is 4. The van der Waals surface area contributed by atoms with Crippen LogP contribution in [-0.2, 0) is 15.2 Å². The van der Waals surface area contributed by atoms with Crippen molar-refractivity contribution in [1.82, 2.24) is 10.8 Å². The zero-order valence-electron chi connectivity index (χ0n) is 11.8. The van der Waals surface area contributed by atoms with E-state index in [0.717, 1.165) is 17.8 Å². The maximum absolute atomic E-state index is 12.1. The van der Waals surface area contributed by atoms with Gasteiger partial charge >= 0.3 is 0 Å². The molecule has 1 aromatic rings. The third-order valence-corrected chi connectivity index (χ3v) is 3.63. The Bertz CT molecular complexity index is 481.